The Balaban J connectivity index is 1.80. The molecule has 0 aromatic carbocycles. The molecule has 0 saturated heterocycles. The number of aryl methyl sites for hydroxylation is 1. The number of hydrogen-bond donors (Lipinski definition) is 1. The van der Waals surface area contributed by atoms with Gasteiger partial charge in [0.05, 0.1) is 23.4 Å². The second-order valence-corrected chi connectivity index (χ2v) is 6.42. The highest BCUT2D eigenvalue weighted by atomic mass is 32.1. The van der Waals surface area contributed by atoms with Gasteiger partial charge in [0.2, 0.25) is 0 Å². The molecule has 0 aliphatic heterocycles. The Morgan fingerprint density at radius 3 is 2.87 bits per heavy atom. The molecule has 6 nitrogen and oxygen atoms in total. The van der Waals surface area contributed by atoms with Gasteiger partial charge in [0.1, 0.15) is 10.5 Å². The zero-order valence-corrected chi connectivity index (χ0v) is 14.1. The maximum atomic E-state index is 12.1. The van der Waals surface area contributed by atoms with E-state index in [9.17, 15) is 4.79 Å². The molecule has 0 amide bonds. The molecule has 0 saturated carbocycles. The standard InChI is InChI=1S/C16H19N5OS/c1-3-5-21(9-12-8-17-11(2)7-18-12)10-14-19-13-4-6-23-15(13)16(22)20-14/h4,6-8H,3,5,9-10H2,1-2H3,(H,19,20,22). The number of thiophene rings is 1. The van der Waals surface area contributed by atoms with Crippen molar-refractivity contribution in [3.05, 3.63) is 51.4 Å². The first kappa shape index (κ1) is 15.8. The van der Waals surface area contributed by atoms with Gasteiger partial charge in [-0.2, -0.15) is 0 Å². The zero-order chi connectivity index (χ0) is 16.2. The van der Waals surface area contributed by atoms with Crippen LogP contribution in [0.25, 0.3) is 10.2 Å². The lowest BCUT2D eigenvalue weighted by molar-refractivity contribution is 0.247. The zero-order valence-electron chi connectivity index (χ0n) is 13.2. The van der Waals surface area contributed by atoms with Gasteiger partial charge in [-0.05, 0) is 31.3 Å². The Hall–Kier alpha value is -2.12. The SMILES string of the molecule is CCCN(Cc1cnc(C)cn1)Cc1nc2ccsc2c(=O)[nH]1. The van der Waals surface area contributed by atoms with E-state index < -0.39 is 0 Å². The predicted octanol–water partition coefficient (Wildman–Crippen LogP) is 2.50. The van der Waals surface area contributed by atoms with Gasteiger partial charge in [0.25, 0.3) is 5.56 Å². The van der Waals surface area contributed by atoms with Crippen LogP contribution in [0.1, 0.15) is 30.6 Å². The minimum atomic E-state index is -0.0634. The third-order valence-corrected chi connectivity index (χ3v) is 4.40. The largest absolute Gasteiger partial charge is 0.308 e. The van der Waals surface area contributed by atoms with Crippen molar-refractivity contribution in [1.82, 2.24) is 24.8 Å². The van der Waals surface area contributed by atoms with Crippen LogP contribution in [0.3, 0.4) is 0 Å². The van der Waals surface area contributed by atoms with Crippen LogP contribution in [0.2, 0.25) is 0 Å². The Kier molecular flexibility index (Phi) is 4.78. The molecule has 23 heavy (non-hydrogen) atoms. The van der Waals surface area contributed by atoms with E-state index in [4.69, 9.17) is 0 Å². The van der Waals surface area contributed by atoms with Crippen LogP contribution in [0, 0.1) is 6.92 Å². The summed E-state index contributed by atoms with van der Waals surface area (Å²) < 4.78 is 0.681. The van der Waals surface area contributed by atoms with Gasteiger partial charge in [-0.15, -0.1) is 11.3 Å². The third kappa shape index (κ3) is 3.80. The molecule has 0 unspecified atom stereocenters. The molecule has 0 spiro atoms. The van der Waals surface area contributed by atoms with Crippen LogP contribution >= 0.6 is 11.3 Å². The normalized spacial score (nSPS) is 11.4. The van der Waals surface area contributed by atoms with Gasteiger partial charge in [-0.1, -0.05) is 6.92 Å². The topological polar surface area (TPSA) is 74.8 Å². The van der Waals surface area contributed by atoms with E-state index in [1.54, 1.807) is 12.4 Å². The average molecular weight is 329 g/mol. The molecular formula is C16H19N5OS. The summed E-state index contributed by atoms with van der Waals surface area (Å²) in [7, 11) is 0. The highest BCUT2D eigenvalue weighted by Gasteiger charge is 2.11. The molecule has 0 atom stereocenters. The monoisotopic (exact) mass is 329 g/mol. The molecule has 0 aliphatic carbocycles. The maximum absolute atomic E-state index is 12.1. The van der Waals surface area contributed by atoms with Crippen LogP contribution in [-0.4, -0.2) is 31.4 Å². The third-order valence-electron chi connectivity index (χ3n) is 3.50. The summed E-state index contributed by atoms with van der Waals surface area (Å²) in [5, 5.41) is 1.89. The maximum Gasteiger partial charge on any atom is 0.268 e. The van der Waals surface area contributed by atoms with Gasteiger partial charge in [0.15, 0.2) is 0 Å². The van der Waals surface area contributed by atoms with Gasteiger partial charge in [-0.25, -0.2) is 4.98 Å². The van der Waals surface area contributed by atoms with Crippen molar-refractivity contribution < 1.29 is 0 Å². The van der Waals surface area contributed by atoms with E-state index in [0.29, 0.717) is 23.6 Å². The summed E-state index contributed by atoms with van der Waals surface area (Å²) in [5.41, 5.74) is 2.53. The van der Waals surface area contributed by atoms with Crippen molar-refractivity contribution in [1.29, 1.82) is 0 Å². The lowest BCUT2D eigenvalue weighted by atomic mass is 10.3. The predicted molar refractivity (Wildman–Crippen MR) is 91.4 cm³/mol. The van der Waals surface area contributed by atoms with Crippen molar-refractivity contribution in [3.63, 3.8) is 0 Å². The van der Waals surface area contributed by atoms with Gasteiger partial charge in [-0.3, -0.25) is 19.7 Å². The van der Waals surface area contributed by atoms with Crippen LogP contribution in [0.4, 0.5) is 0 Å². The van der Waals surface area contributed by atoms with Crippen LogP contribution in [0.5, 0.6) is 0 Å². The first-order valence-corrected chi connectivity index (χ1v) is 8.50. The highest BCUT2D eigenvalue weighted by molar-refractivity contribution is 7.17. The molecule has 3 rings (SSSR count). The smallest absolute Gasteiger partial charge is 0.268 e. The van der Waals surface area contributed by atoms with Crippen LogP contribution < -0.4 is 5.56 Å². The van der Waals surface area contributed by atoms with Crippen LogP contribution in [-0.2, 0) is 13.1 Å². The minimum absolute atomic E-state index is 0.0634. The fourth-order valence-electron chi connectivity index (χ4n) is 2.47. The van der Waals surface area contributed by atoms with E-state index >= 15 is 0 Å². The number of fused-ring (bicyclic) bond motifs is 1. The molecule has 3 heterocycles. The molecule has 3 aromatic heterocycles. The number of aromatic amines is 1. The second kappa shape index (κ2) is 6.97. The van der Waals surface area contributed by atoms with E-state index in [2.05, 4.69) is 31.8 Å². The summed E-state index contributed by atoms with van der Waals surface area (Å²) in [6, 6.07) is 1.88. The first-order valence-electron chi connectivity index (χ1n) is 7.62. The molecular weight excluding hydrogens is 310 g/mol. The van der Waals surface area contributed by atoms with Crippen molar-refractivity contribution in [2.24, 2.45) is 0 Å². The fraction of sp³-hybridized carbons (Fsp3) is 0.375. The molecule has 7 heteroatoms. The number of aromatic nitrogens is 4. The minimum Gasteiger partial charge on any atom is -0.308 e. The summed E-state index contributed by atoms with van der Waals surface area (Å²) in [5.74, 6) is 0.689. The van der Waals surface area contributed by atoms with E-state index in [-0.39, 0.29) is 5.56 Å². The summed E-state index contributed by atoms with van der Waals surface area (Å²) in [4.78, 5) is 30.4. The molecule has 3 aromatic rings. The highest BCUT2D eigenvalue weighted by Crippen LogP contribution is 2.14. The number of nitrogens with zero attached hydrogens (tertiary/aromatic N) is 4. The molecule has 0 radical (unpaired) electrons. The van der Waals surface area contributed by atoms with Crippen molar-refractivity contribution in [2.75, 3.05) is 6.54 Å². The van der Waals surface area contributed by atoms with Gasteiger partial charge >= 0.3 is 0 Å². The second-order valence-electron chi connectivity index (χ2n) is 5.51. The lowest BCUT2D eigenvalue weighted by Gasteiger charge is -2.20. The Morgan fingerprint density at radius 1 is 1.26 bits per heavy atom. The van der Waals surface area contributed by atoms with Crippen molar-refractivity contribution in [2.45, 2.75) is 33.4 Å². The molecule has 1 N–H and O–H groups in total. The van der Waals surface area contributed by atoms with Crippen molar-refractivity contribution in [3.8, 4) is 0 Å². The van der Waals surface area contributed by atoms with Gasteiger partial charge < -0.3 is 4.98 Å². The number of hydrogen-bond acceptors (Lipinski definition) is 6. The Labute approximate surface area is 138 Å². The Morgan fingerprint density at radius 2 is 2.13 bits per heavy atom. The summed E-state index contributed by atoms with van der Waals surface area (Å²) >= 11 is 1.42. The molecule has 0 aliphatic rings. The van der Waals surface area contributed by atoms with E-state index in [1.165, 1.54) is 11.3 Å². The van der Waals surface area contributed by atoms with E-state index in [0.717, 1.165) is 29.9 Å². The summed E-state index contributed by atoms with van der Waals surface area (Å²) in [6.07, 6.45) is 4.59. The molecule has 120 valence electrons. The average Bonchev–Trinajstić information content (AvgIpc) is 2.99. The lowest BCUT2D eigenvalue weighted by Crippen LogP contribution is -2.26. The molecule has 0 fully saturated rings. The number of rotatable bonds is 6. The number of H-pyrrole nitrogens is 1. The van der Waals surface area contributed by atoms with Crippen LogP contribution in [0.15, 0.2) is 28.6 Å². The molecule has 0 bridgehead atoms. The quantitative estimate of drug-likeness (QED) is 0.752. The van der Waals surface area contributed by atoms with Crippen molar-refractivity contribution >= 4 is 21.6 Å². The summed E-state index contributed by atoms with van der Waals surface area (Å²) in [6.45, 7) is 6.23. The fourth-order valence-corrected chi connectivity index (χ4v) is 3.19. The Bertz CT molecular complexity index is 840. The first-order chi connectivity index (χ1) is 11.2. The van der Waals surface area contributed by atoms with Gasteiger partial charge in [0, 0.05) is 18.9 Å². The number of nitrogens with one attached hydrogen (secondary N) is 1. The van der Waals surface area contributed by atoms with E-state index in [1.807, 2.05) is 18.4 Å².